The molecule has 8 nitrogen and oxygen atoms in total. The summed E-state index contributed by atoms with van der Waals surface area (Å²) in [5.74, 6) is -0.646. The van der Waals surface area contributed by atoms with Gasteiger partial charge in [0.2, 0.25) is 10.0 Å². The molecule has 0 spiro atoms. The van der Waals surface area contributed by atoms with Crippen molar-refractivity contribution >= 4 is 56.2 Å². The Morgan fingerprint density at radius 2 is 1.85 bits per heavy atom. The van der Waals surface area contributed by atoms with E-state index in [1.165, 1.54) is 28.6 Å². The number of anilines is 2. The molecule has 2 aromatic rings. The molecule has 1 amide bonds. The van der Waals surface area contributed by atoms with E-state index in [0.717, 1.165) is 6.07 Å². The van der Waals surface area contributed by atoms with Crippen LogP contribution in [0.25, 0.3) is 0 Å². The Kier molecular flexibility index (Phi) is 5.27. The SMILES string of the molecule is O=C(Nc1cc(N2CCCS2(=O)=O)ccc1Cl)c1cc([N+](=O)[O-])ccc1Cl. The lowest BCUT2D eigenvalue weighted by atomic mass is 10.1. The summed E-state index contributed by atoms with van der Waals surface area (Å²) in [5.41, 5.74) is 0.162. The normalized spacial score (nSPS) is 15.6. The van der Waals surface area contributed by atoms with Gasteiger partial charge < -0.3 is 5.32 Å². The number of carbonyl (C=O) groups is 1. The maximum absolute atomic E-state index is 12.5. The van der Waals surface area contributed by atoms with Crippen LogP contribution in [0, 0.1) is 10.1 Å². The minimum absolute atomic E-state index is 0.0347. The van der Waals surface area contributed by atoms with E-state index in [-0.39, 0.29) is 32.7 Å². The lowest BCUT2D eigenvalue weighted by Gasteiger charge is -2.18. The maximum atomic E-state index is 12.5. The molecule has 11 heteroatoms. The Bertz CT molecular complexity index is 1040. The van der Waals surface area contributed by atoms with Gasteiger partial charge in [0.15, 0.2) is 0 Å². The Morgan fingerprint density at radius 3 is 2.48 bits per heavy atom. The van der Waals surface area contributed by atoms with Gasteiger partial charge in [0.1, 0.15) is 0 Å². The summed E-state index contributed by atoms with van der Waals surface area (Å²) in [6.07, 6.45) is 0.510. The van der Waals surface area contributed by atoms with Crippen molar-refractivity contribution in [1.82, 2.24) is 0 Å². The van der Waals surface area contributed by atoms with Gasteiger partial charge in [0.05, 0.1) is 37.7 Å². The molecule has 1 aliphatic heterocycles. The molecule has 0 aliphatic carbocycles. The van der Waals surface area contributed by atoms with Crippen LogP contribution >= 0.6 is 23.2 Å². The molecule has 0 unspecified atom stereocenters. The third-order valence-corrected chi connectivity index (χ3v) is 6.52. The highest BCUT2D eigenvalue weighted by molar-refractivity contribution is 7.93. The van der Waals surface area contributed by atoms with Crippen LogP contribution < -0.4 is 9.62 Å². The van der Waals surface area contributed by atoms with Crippen molar-refractivity contribution < 1.29 is 18.1 Å². The van der Waals surface area contributed by atoms with Crippen molar-refractivity contribution in [1.29, 1.82) is 0 Å². The number of benzene rings is 2. The fraction of sp³-hybridized carbons (Fsp3) is 0.188. The fourth-order valence-corrected chi connectivity index (χ4v) is 4.61. The highest BCUT2D eigenvalue weighted by Crippen LogP contribution is 2.32. The number of rotatable bonds is 4. The summed E-state index contributed by atoms with van der Waals surface area (Å²) >= 11 is 12.1. The van der Waals surface area contributed by atoms with Crippen molar-refractivity contribution in [3.63, 3.8) is 0 Å². The van der Waals surface area contributed by atoms with Gasteiger partial charge in [-0.2, -0.15) is 0 Å². The molecule has 1 fully saturated rings. The second kappa shape index (κ2) is 7.34. The van der Waals surface area contributed by atoms with Crippen LogP contribution in [0.4, 0.5) is 17.1 Å². The maximum Gasteiger partial charge on any atom is 0.270 e. The van der Waals surface area contributed by atoms with E-state index in [2.05, 4.69) is 5.32 Å². The van der Waals surface area contributed by atoms with Crippen molar-refractivity contribution in [2.45, 2.75) is 6.42 Å². The minimum atomic E-state index is -3.39. The first-order valence-electron chi connectivity index (χ1n) is 7.74. The zero-order valence-electron chi connectivity index (χ0n) is 13.7. The Morgan fingerprint density at radius 1 is 1.15 bits per heavy atom. The van der Waals surface area contributed by atoms with Crippen LogP contribution in [0.3, 0.4) is 0 Å². The lowest BCUT2D eigenvalue weighted by Crippen LogP contribution is -2.25. The number of amides is 1. The van der Waals surface area contributed by atoms with Gasteiger partial charge in [-0.3, -0.25) is 19.2 Å². The standard InChI is InChI=1S/C16H13Cl2N3O5S/c17-13-4-3-11(21(23)24)8-12(13)16(22)19-15-9-10(2-5-14(15)18)20-6-1-7-27(20,25)26/h2-5,8-9H,1,6-7H2,(H,19,22). The summed E-state index contributed by atoms with van der Waals surface area (Å²) in [6.45, 7) is 0.341. The Labute approximate surface area is 164 Å². The zero-order chi connectivity index (χ0) is 19.8. The molecule has 0 radical (unpaired) electrons. The zero-order valence-corrected chi connectivity index (χ0v) is 16.0. The first-order valence-corrected chi connectivity index (χ1v) is 10.1. The number of hydrogen-bond donors (Lipinski definition) is 1. The second-order valence-electron chi connectivity index (χ2n) is 5.78. The highest BCUT2D eigenvalue weighted by Gasteiger charge is 2.29. The van der Waals surface area contributed by atoms with Gasteiger partial charge in [-0.15, -0.1) is 0 Å². The molecule has 142 valence electrons. The Hall–Kier alpha value is -2.36. The van der Waals surface area contributed by atoms with Crippen LogP contribution in [-0.4, -0.2) is 31.5 Å². The number of nitrogens with zero attached hydrogens (tertiary/aromatic N) is 2. The molecule has 1 aliphatic rings. The summed E-state index contributed by atoms with van der Waals surface area (Å²) in [4.78, 5) is 22.8. The van der Waals surface area contributed by atoms with Gasteiger partial charge >= 0.3 is 0 Å². The van der Waals surface area contributed by atoms with Gasteiger partial charge in [-0.25, -0.2) is 8.42 Å². The van der Waals surface area contributed by atoms with Crippen LogP contribution in [-0.2, 0) is 10.0 Å². The number of halogens is 2. The van der Waals surface area contributed by atoms with E-state index in [4.69, 9.17) is 23.2 Å². The van der Waals surface area contributed by atoms with Crippen molar-refractivity contribution in [3.8, 4) is 0 Å². The average Bonchev–Trinajstić information content (AvgIpc) is 2.96. The number of nitro benzene ring substituents is 1. The average molecular weight is 430 g/mol. The van der Waals surface area contributed by atoms with Gasteiger partial charge in [0.25, 0.3) is 11.6 Å². The third-order valence-electron chi connectivity index (χ3n) is 3.99. The van der Waals surface area contributed by atoms with E-state index in [9.17, 15) is 23.3 Å². The number of nitrogens with one attached hydrogen (secondary N) is 1. The summed E-state index contributed by atoms with van der Waals surface area (Å²) in [5, 5.41) is 13.6. The van der Waals surface area contributed by atoms with Gasteiger partial charge in [-0.05, 0) is 30.7 Å². The highest BCUT2D eigenvalue weighted by atomic mass is 35.5. The summed E-state index contributed by atoms with van der Waals surface area (Å²) in [6, 6.07) is 7.94. The van der Waals surface area contributed by atoms with E-state index >= 15 is 0 Å². The van der Waals surface area contributed by atoms with E-state index in [0.29, 0.717) is 18.7 Å². The molecule has 1 N–H and O–H groups in total. The monoisotopic (exact) mass is 429 g/mol. The molecule has 1 heterocycles. The molecular weight excluding hydrogens is 417 g/mol. The fourth-order valence-electron chi connectivity index (χ4n) is 2.68. The molecule has 0 atom stereocenters. The molecule has 0 aromatic heterocycles. The first-order chi connectivity index (χ1) is 12.7. The molecule has 0 bridgehead atoms. The predicted octanol–water partition coefficient (Wildman–Crippen LogP) is 3.69. The number of carbonyl (C=O) groups excluding carboxylic acids is 1. The van der Waals surface area contributed by atoms with Crippen molar-refractivity contribution in [2.75, 3.05) is 21.9 Å². The topological polar surface area (TPSA) is 110 Å². The van der Waals surface area contributed by atoms with Crippen LogP contribution in [0.5, 0.6) is 0 Å². The first kappa shape index (κ1) is 19.4. The van der Waals surface area contributed by atoms with Gasteiger partial charge in [0, 0.05) is 18.7 Å². The quantitative estimate of drug-likeness (QED) is 0.588. The van der Waals surface area contributed by atoms with Crippen LogP contribution in [0.2, 0.25) is 10.0 Å². The lowest BCUT2D eigenvalue weighted by molar-refractivity contribution is -0.384. The number of sulfonamides is 1. The largest absolute Gasteiger partial charge is 0.321 e. The molecule has 2 aromatic carbocycles. The second-order valence-corrected chi connectivity index (χ2v) is 8.61. The minimum Gasteiger partial charge on any atom is -0.321 e. The van der Waals surface area contributed by atoms with Gasteiger partial charge in [-0.1, -0.05) is 23.2 Å². The number of nitro groups is 1. The predicted molar refractivity (Wildman–Crippen MR) is 103 cm³/mol. The van der Waals surface area contributed by atoms with E-state index < -0.39 is 20.9 Å². The smallest absolute Gasteiger partial charge is 0.270 e. The van der Waals surface area contributed by atoms with E-state index in [1.807, 2.05) is 0 Å². The third kappa shape index (κ3) is 4.00. The molecule has 1 saturated heterocycles. The molecule has 27 heavy (non-hydrogen) atoms. The van der Waals surface area contributed by atoms with Crippen LogP contribution in [0.1, 0.15) is 16.8 Å². The van der Waals surface area contributed by atoms with Crippen molar-refractivity contribution in [2.24, 2.45) is 0 Å². The molecule has 0 saturated carbocycles. The molecule has 3 rings (SSSR count). The van der Waals surface area contributed by atoms with Crippen LogP contribution in [0.15, 0.2) is 36.4 Å². The summed E-state index contributed by atoms with van der Waals surface area (Å²) < 4.78 is 25.4. The molecular formula is C16H13Cl2N3O5S. The summed E-state index contributed by atoms with van der Waals surface area (Å²) in [7, 11) is -3.39. The Balaban J connectivity index is 1.92. The van der Waals surface area contributed by atoms with Crippen molar-refractivity contribution in [3.05, 3.63) is 62.1 Å². The number of non-ortho nitro benzene ring substituents is 1. The number of hydrogen-bond acceptors (Lipinski definition) is 5. The van der Waals surface area contributed by atoms with E-state index in [1.54, 1.807) is 6.07 Å².